The van der Waals surface area contributed by atoms with E-state index in [9.17, 15) is 4.79 Å². The van der Waals surface area contributed by atoms with Crippen LogP contribution in [0.25, 0.3) is 16.9 Å². The lowest BCUT2D eigenvalue weighted by atomic mass is 10.1. The van der Waals surface area contributed by atoms with Crippen LogP contribution in [0.1, 0.15) is 27.2 Å². The lowest BCUT2D eigenvalue weighted by Gasteiger charge is -2.34. The number of nitrogens with zero attached hydrogens (tertiary/aromatic N) is 3. The maximum absolute atomic E-state index is 13.7. The summed E-state index contributed by atoms with van der Waals surface area (Å²) in [7, 11) is 0. The number of benzene rings is 3. The second kappa shape index (κ2) is 9.70. The van der Waals surface area contributed by atoms with Gasteiger partial charge in [-0.25, -0.2) is 0 Å². The summed E-state index contributed by atoms with van der Waals surface area (Å²) < 4.78 is 2.22. The van der Waals surface area contributed by atoms with Crippen molar-refractivity contribution >= 4 is 5.91 Å². The fraction of sp³-hybridized carbons (Fsp3) is 0.233. The van der Waals surface area contributed by atoms with E-state index in [1.54, 1.807) is 0 Å². The van der Waals surface area contributed by atoms with Gasteiger partial charge in [-0.2, -0.15) is 0 Å². The molecule has 0 saturated carbocycles. The first kappa shape index (κ1) is 22.2. The van der Waals surface area contributed by atoms with Crippen LogP contribution in [-0.4, -0.2) is 46.5 Å². The third-order valence-electron chi connectivity index (χ3n) is 6.75. The molecule has 34 heavy (non-hydrogen) atoms. The Morgan fingerprint density at radius 3 is 2.03 bits per heavy atom. The van der Waals surface area contributed by atoms with Crippen LogP contribution in [0.3, 0.4) is 0 Å². The molecule has 0 atom stereocenters. The normalized spacial score (nSPS) is 14.4. The predicted molar refractivity (Wildman–Crippen MR) is 138 cm³/mol. The first-order valence-electron chi connectivity index (χ1n) is 12.0. The maximum atomic E-state index is 13.7. The highest BCUT2D eigenvalue weighted by Crippen LogP contribution is 2.30. The maximum Gasteiger partial charge on any atom is 0.255 e. The van der Waals surface area contributed by atoms with Crippen molar-refractivity contribution in [2.75, 3.05) is 26.2 Å². The third kappa shape index (κ3) is 4.55. The van der Waals surface area contributed by atoms with E-state index in [-0.39, 0.29) is 5.91 Å². The van der Waals surface area contributed by atoms with Gasteiger partial charge in [0.05, 0.1) is 11.3 Å². The van der Waals surface area contributed by atoms with Gasteiger partial charge >= 0.3 is 0 Å². The van der Waals surface area contributed by atoms with Crippen LogP contribution in [0.5, 0.6) is 0 Å². The zero-order valence-electron chi connectivity index (χ0n) is 19.9. The summed E-state index contributed by atoms with van der Waals surface area (Å²) in [6, 6.07) is 31.5. The summed E-state index contributed by atoms with van der Waals surface area (Å²) in [5.74, 6) is 0.125. The molecule has 1 fully saturated rings. The molecule has 0 N–H and O–H groups in total. The number of rotatable bonds is 5. The molecule has 5 rings (SSSR count). The summed E-state index contributed by atoms with van der Waals surface area (Å²) in [6.07, 6.45) is 0. The van der Waals surface area contributed by atoms with Crippen molar-refractivity contribution < 1.29 is 4.79 Å². The quantitative estimate of drug-likeness (QED) is 0.390. The van der Waals surface area contributed by atoms with Crippen LogP contribution in [-0.2, 0) is 6.54 Å². The number of amides is 1. The van der Waals surface area contributed by atoms with Crippen LogP contribution in [0.4, 0.5) is 0 Å². The number of carbonyl (C=O) groups excluding carboxylic acids is 1. The lowest BCUT2D eigenvalue weighted by Crippen LogP contribution is -2.48. The van der Waals surface area contributed by atoms with Gasteiger partial charge in [0, 0.05) is 44.1 Å². The molecule has 0 spiro atoms. The highest BCUT2D eigenvalue weighted by molar-refractivity contribution is 5.97. The van der Waals surface area contributed by atoms with Gasteiger partial charge < -0.3 is 9.47 Å². The molecule has 172 valence electrons. The van der Waals surface area contributed by atoms with E-state index >= 15 is 0 Å². The van der Waals surface area contributed by atoms with Gasteiger partial charge in [-0.3, -0.25) is 9.69 Å². The average Bonchev–Trinajstić information content (AvgIpc) is 3.23. The minimum absolute atomic E-state index is 0.125. The standard InChI is InChI=1S/C30H31N3O/c1-23-13-15-27(16-14-23)33-24(2)28(21-29(33)26-11-7-4-8-12-26)30(34)32-19-17-31(18-20-32)22-25-9-5-3-6-10-25/h3-16,21H,17-20,22H2,1-2H3. The molecule has 0 radical (unpaired) electrons. The highest BCUT2D eigenvalue weighted by Gasteiger charge is 2.26. The van der Waals surface area contributed by atoms with Gasteiger partial charge in [0.25, 0.3) is 5.91 Å². The zero-order valence-corrected chi connectivity index (χ0v) is 19.9. The molecule has 2 heterocycles. The molecular formula is C30H31N3O. The molecule has 1 aliphatic rings. The largest absolute Gasteiger partial charge is 0.336 e. The summed E-state index contributed by atoms with van der Waals surface area (Å²) in [4.78, 5) is 18.1. The van der Waals surface area contributed by atoms with Gasteiger partial charge in [-0.05, 0) is 43.2 Å². The Labute approximate surface area is 202 Å². The summed E-state index contributed by atoms with van der Waals surface area (Å²) >= 11 is 0. The topological polar surface area (TPSA) is 28.5 Å². The van der Waals surface area contributed by atoms with E-state index in [1.165, 1.54) is 11.1 Å². The van der Waals surface area contributed by atoms with Crippen molar-refractivity contribution in [2.45, 2.75) is 20.4 Å². The van der Waals surface area contributed by atoms with E-state index < -0.39 is 0 Å². The Morgan fingerprint density at radius 1 is 0.765 bits per heavy atom. The molecule has 1 aromatic heterocycles. The second-order valence-corrected chi connectivity index (χ2v) is 9.12. The first-order valence-corrected chi connectivity index (χ1v) is 12.0. The Bertz CT molecular complexity index is 1250. The van der Waals surface area contributed by atoms with E-state index in [1.807, 2.05) is 23.1 Å². The number of piperazine rings is 1. The van der Waals surface area contributed by atoms with Gasteiger partial charge in [-0.1, -0.05) is 78.4 Å². The molecule has 1 aliphatic heterocycles. The van der Waals surface area contributed by atoms with Crippen LogP contribution >= 0.6 is 0 Å². The van der Waals surface area contributed by atoms with Crippen molar-refractivity contribution in [3.05, 3.63) is 113 Å². The molecular weight excluding hydrogens is 418 g/mol. The smallest absolute Gasteiger partial charge is 0.255 e. The minimum atomic E-state index is 0.125. The van der Waals surface area contributed by atoms with Crippen molar-refractivity contribution in [2.24, 2.45) is 0 Å². The molecule has 4 heteroatoms. The Kier molecular flexibility index (Phi) is 6.33. The van der Waals surface area contributed by atoms with Crippen LogP contribution in [0, 0.1) is 13.8 Å². The van der Waals surface area contributed by atoms with Crippen LogP contribution in [0.2, 0.25) is 0 Å². The van der Waals surface area contributed by atoms with Gasteiger partial charge in [0.2, 0.25) is 0 Å². The fourth-order valence-electron chi connectivity index (χ4n) is 4.79. The fourth-order valence-corrected chi connectivity index (χ4v) is 4.79. The minimum Gasteiger partial charge on any atom is -0.336 e. The van der Waals surface area contributed by atoms with Crippen molar-refractivity contribution in [1.82, 2.24) is 14.4 Å². The van der Waals surface area contributed by atoms with E-state index in [4.69, 9.17) is 0 Å². The van der Waals surface area contributed by atoms with E-state index in [0.29, 0.717) is 0 Å². The van der Waals surface area contributed by atoms with Gasteiger partial charge in [0.1, 0.15) is 0 Å². The first-order chi connectivity index (χ1) is 16.6. The Balaban J connectivity index is 1.40. The molecule has 1 saturated heterocycles. The van der Waals surface area contributed by atoms with Crippen molar-refractivity contribution in [1.29, 1.82) is 0 Å². The lowest BCUT2D eigenvalue weighted by molar-refractivity contribution is 0.0628. The number of hydrogen-bond donors (Lipinski definition) is 0. The van der Waals surface area contributed by atoms with Crippen molar-refractivity contribution in [3.8, 4) is 16.9 Å². The third-order valence-corrected chi connectivity index (χ3v) is 6.75. The molecule has 0 unspecified atom stereocenters. The SMILES string of the molecule is Cc1ccc(-n2c(-c3ccccc3)cc(C(=O)N3CCN(Cc4ccccc4)CC3)c2C)cc1. The summed E-state index contributed by atoms with van der Waals surface area (Å²) in [6.45, 7) is 8.38. The molecule has 4 aromatic rings. The molecule has 0 aliphatic carbocycles. The monoisotopic (exact) mass is 449 g/mol. The molecule has 4 nitrogen and oxygen atoms in total. The molecule has 0 bridgehead atoms. The highest BCUT2D eigenvalue weighted by atomic mass is 16.2. The number of carbonyl (C=O) groups is 1. The van der Waals surface area contributed by atoms with Crippen LogP contribution in [0.15, 0.2) is 91.0 Å². The van der Waals surface area contributed by atoms with E-state index in [2.05, 4.69) is 96.1 Å². The predicted octanol–water partition coefficient (Wildman–Crippen LogP) is 5.72. The zero-order chi connectivity index (χ0) is 23.5. The van der Waals surface area contributed by atoms with Gasteiger partial charge in [-0.15, -0.1) is 0 Å². The Morgan fingerprint density at radius 2 is 1.38 bits per heavy atom. The molecule has 3 aromatic carbocycles. The number of hydrogen-bond acceptors (Lipinski definition) is 2. The van der Waals surface area contributed by atoms with E-state index in [0.717, 1.165) is 60.9 Å². The molecule has 1 amide bonds. The Hall–Kier alpha value is -3.63. The number of aryl methyl sites for hydroxylation is 1. The second-order valence-electron chi connectivity index (χ2n) is 9.12. The summed E-state index contributed by atoms with van der Waals surface area (Å²) in [5, 5.41) is 0. The summed E-state index contributed by atoms with van der Waals surface area (Å²) in [5.41, 5.74) is 7.55. The number of aromatic nitrogens is 1. The van der Waals surface area contributed by atoms with Crippen molar-refractivity contribution in [3.63, 3.8) is 0 Å². The van der Waals surface area contributed by atoms with Crippen LogP contribution < -0.4 is 0 Å². The average molecular weight is 450 g/mol. The van der Waals surface area contributed by atoms with Gasteiger partial charge in [0.15, 0.2) is 0 Å².